The normalized spacial score (nSPS) is 27.6. The van der Waals surface area contributed by atoms with Crippen molar-refractivity contribution in [3.8, 4) is 0 Å². The van der Waals surface area contributed by atoms with E-state index in [9.17, 15) is 9.18 Å². The van der Waals surface area contributed by atoms with Gasteiger partial charge < -0.3 is 9.64 Å². The Morgan fingerprint density at radius 2 is 1.83 bits per heavy atom. The molecule has 1 atom stereocenters. The van der Waals surface area contributed by atoms with Crippen LogP contribution in [-0.4, -0.2) is 35.6 Å². The highest BCUT2D eigenvalue weighted by Crippen LogP contribution is 2.47. The number of likely N-dealkylation sites (tertiary alicyclic amines) is 1. The number of ether oxygens (including phenoxy) is 1. The van der Waals surface area contributed by atoms with Crippen LogP contribution in [0, 0.1) is 11.2 Å². The molecule has 4 heteroatoms. The Morgan fingerprint density at radius 1 is 1.22 bits per heavy atom. The van der Waals surface area contributed by atoms with Crippen LogP contribution in [-0.2, 0) is 16.0 Å². The van der Waals surface area contributed by atoms with Gasteiger partial charge in [-0.2, -0.15) is 0 Å². The van der Waals surface area contributed by atoms with E-state index in [0.717, 1.165) is 37.9 Å². The van der Waals surface area contributed by atoms with Crippen LogP contribution in [0.15, 0.2) is 24.3 Å². The van der Waals surface area contributed by atoms with Gasteiger partial charge in [-0.25, -0.2) is 4.39 Å². The number of halogens is 1. The highest BCUT2D eigenvalue weighted by atomic mass is 19.1. The first-order valence-electron chi connectivity index (χ1n) is 8.54. The molecule has 0 saturated carbocycles. The summed E-state index contributed by atoms with van der Waals surface area (Å²) in [5.41, 5.74) is 0.192. The average Bonchev–Trinajstić information content (AvgIpc) is 2.73. The van der Waals surface area contributed by atoms with E-state index in [-0.39, 0.29) is 17.4 Å². The molecule has 0 aliphatic carbocycles. The van der Waals surface area contributed by atoms with Crippen molar-refractivity contribution in [1.29, 1.82) is 0 Å². The summed E-state index contributed by atoms with van der Waals surface area (Å²) in [6.07, 6.45) is 3.20. The van der Waals surface area contributed by atoms with Crippen LogP contribution in [0.2, 0.25) is 0 Å². The topological polar surface area (TPSA) is 29.5 Å². The maximum absolute atomic E-state index is 13.1. The van der Waals surface area contributed by atoms with Gasteiger partial charge in [-0.15, -0.1) is 0 Å². The molecule has 0 radical (unpaired) electrons. The second kappa shape index (κ2) is 5.90. The second-order valence-electron chi connectivity index (χ2n) is 7.74. The average molecular weight is 319 g/mol. The lowest BCUT2D eigenvalue weighted by molar-refractivity contribution is -0.156. The van der Waals surface area contributed by atoms with Gasteiger partial charge in [0.25, 0.3) is 0 Å². The molecule has 0 bridgehead atoms. The van der Waals surface area contributed by atoms with Gasteiger partial charge in [-0.1, -0.05) is 12.1 Å². The molecular formula is C19H26FNO2. The van der Waals surface area contributed by atoms with Crippen LogP contribution in [0.1, 0.15) is 45.6 Å². The van der Waals surface area contributed by atoms with Crippen LogP contribution in [0.5, 0.6) is 0 Å². The summed E-state index contributed by atoms with van der Waals surface area (Å²) in [5, 5.41) is 0. The van der Waals surface area contributed by atoms with E-state index < -0.39 is 5.41 Å². The summed E-state index contributed by atoms with van der Waals surface area (Å²) >= 11 is 0. The fourth-order valence-electron chi connectivity index (χ4n) is 4.05. The lowest BCUT2D eigenvalue weighted by Gasteiger charge is -2.40. The fourth-order valence-corrected chi connectivity index (χ4v) is 4.05. The maximum atomic E-state index is 13.1. The van der Waals surface area contributed by atoms with E-state index in [0.29, 0.717) is 12.5 Å². The predicted octanol–water partition coefficient (Wildman–Crippen LogP) is 3.56. The molecule has 0 aromatic heterocycles. The monoisotopic (exact) mass is 319 g/mol. The van der Waals surface area contributed by atoms with E-state index in [1.165, 1.54) is 12.1 Å². The first kappa shape index (κ1) is 16.4. The number of carbonyl (C=O) groups excluding carboxylic acids is 1. The van der Waals surface area contributed by atoms with Gasteiger partial charge in [-0.05, 0) is 44.9 Å². The van der Waals surface area contributed by atoms with Crippen LogP contribution in [0.25, 0.3) is 0 Å². The van der Waals surface area contributed by atoms with Gasteiger partial charge in [-0.3, -0.25) is 4.79 Å². The fraction of sp³-hybridized carbons (Fsp3) is 0.632. The molecule has 2 aliphatic rings. The number of benzene rings is 1. The highest BCUT2D eigenvalue weighted by Gasteiger charge is 2.54. The summed E-state index contributed by atoms with van der Waals surface area (Å²) in [4.78, 5) is 15.0. The van der Waals surface area contributed by atoms with Crippen molar-refractivity contribution in [1.82, 2.24) is 4.90 Å². The highest BCUT2D eigenvalue weighted by molar-refractivity contribution is 5.79. The van der Waals surface area contributed by atoms with Crippen LogP contribution in [0.3, 0.4) is 0 Å². The van der Waals surface area contributed by atoms with Crippen molar-refractivity contribution < 1.29 is 13.9 Å². The summed E-state index contributed by atoms with van der Waals surface area (Å²) in [6.45, 7) is 8.37. The lowest BCUT2D eigenvalue weighted by atomic mass is 9.74. The molecule has 2 heterocycles. The van der Waals surface area contributed by atoms with E-state index >= 15 is 0 Å². The lowest BCUT2D eigenvalue weighted by Crippen LogP contribution is -2.46. The number of esters is 1. The summed E-state index contributed by atoms with van der Waals surface area (Å²) in [7, 11) is 0. The van der Waals surface area contributed by atoms with Crippen molar-refractivity contribution in [3.05, 3.63) is 35.6 Å². The molecular weight excluding hydrogens is 293 g/mol. The van der Waals surface area contributed by atoms with E-state index in [1.54, 1.807) is 12.1 Å². The van der Waals surface area contributed by atoms with Crippen molar-refractivity contribution in [3.63, 3.8) is 0 Å². The largest absolute Gasteiger partial charge is 0.459 e. The third-order valence-electron chi connectivity index (χ3n) is 5.46. The first-order chi connectivity index (χ1) is 10.8. The Bertz CT molecular complexity index is 576. The van der Waals surface area contributed by atoms with Crippen molar-refractivity contribution in [2.75, 3.05) is 13.1 Å². The Hall–Kier alpha value is -1.42. The Balaban J connectivity index is 1.70. The van der Waals surface area contributed by atoms with Gasteiger partial charge >= 0.3 is 5.97 Å². The third-order valence-corrected chi connectivity index (χ3v) is 5.46. The van der Waals surface area contributed by atoms with Gasteiger partial charge in [0.2, 0.25) is 0 Å². The van der Waals surface area contributed by atoms with Crippen LogP contribution in [0.4, 0.5) is 4.39 Å². The molecule has 1 spiro atoms. The van der Waals surface area contributed by atoms with Crippen molar-refractivity contribution in [2.45, 2.75) is 58.1 Å². The van der Waals surface area contributed by atoms with Crippen molar-refractivity contribution >= 4 is 5.97 Å². The molecule has 2 saturated heterocycles. The molecule has 2 aliphatic heterocycles. The number of hydrogen-bond acceptors (Lipinski definition) is 3. The predicted molar refractivity (Wildman–Crippen MR) is 87.6 cm³/mol. The van der Waals surface area contributed by atoms with Gasteiger partial charge in [0, 0.05) is 38.4 Å². The zero-order chi connectivity index (χ0) is 16.7. The molecule has 1 unspecified atom stereocenters. The van der Waals surface area contributed by atoms with Gasteiger partial charge in [0.1, 0.15) is 11.4 Å². The molecule has 0 amide bonds. The maximum Gasteiger partial charge on any atom is 0.312 e. The number of hydrogen-bond donors (Lipinski definition) is 0. The molecule has 2 fully saturated rings. The van der Waals surface area contributed by atoms with Crippen LogP contribution < -0.4 is 0 Å². The molecule has 3 rings (SSSR count). The smallest absolute Gasteiger partial charge is 0.312 e. The quantitative estimate of drug-likeness (QED) is 0.798. The minimum Gasteiger partial charge on any atom is -0.459 e. The van der Waals surface area contributed by atoms with E-state index in [2.05, 4.69) is 18.7 Å². The number of rotatable bonds is 3. The Morgan fingerprint density at radius 3 is 2.39 bits per heavy atom. The summed E-state index contributed by atoms with van der Waals surface area (Å²) in [5.74, 6) is -0.342. The number of nitrogens with zero attached hydrogens (tertiary/aromatic N) is 1. The zero-order valence-corrected chi connectivity index (χ0v) is 14.3. The molecule has 1 aromatic rings. The zero-order valence-electron chi connectivity index (χ0n) is 14.3. The first-order valence-corrected chi connectivity index (χ1v) is 8.54. The van der Waals surface area contributed by atoms with E-state index in [4.69, 9.17) is 4.74 Å². The van der Waals surface area contributed by atoms with Gasteiger partial charge in [0.05, 0.1) is 5.41 Å². The molecule has 23 heavy (non-hydrogen) atoms. The van der Waals surface area contributed by atoms with E-state index in [1.807, 2.05) is 6.92 Å². The Kier molecular flexibility index (Phi) is 4.21. The van der Waals surface area contributed by atoms with Gasteiger partial charge in [0.15, 0.2) is 0 Å². The molecule has 1 aromatic carbocycles. The minimum atomic E-state index is -0.502. The third kappa shape index (κ3) is 3.27. The standard InChI is InChI=1S/C19H26FNO2/c1-14(2)21-10-8-19(9-11-21)13-18(3,17(22)23-19)12-15-4-6-16(20)7-5-15/h4-7,14H,8-13H2,1-3H3. The summed E-state index contributed by atoms with van der Waals surface area (Å²) in [6, 6.07) is 6.97. The summed E-state index contributed by atoms with van der Waals surface area (Å²) < 4.78 is 19.0. The number of piperidine rings is 1. The second-order valence-corrected chi connectivity index (χ2v) is 7.74. The molecule has 3 nitrogen and oxygen atoms in total. The molecule has 126 valence electrons. The van der Waals surface area contributed by atoms with Crippen molar-refractivity contribution in [2.24, 2.45) is 5.41 Å². The SMILES string of the molecule is CC(C)N1CCC2(CC1)CC(C)(Cc1ccc(F)cc1)C(=O)O2. The Labute approximate surface area is 137 Å². The molecule has 0 N–H and O–H groups in total. The van der Waals surface area contributed by atoms with Crippen LogP contribution >= 0.6 is 0 Å². The minimum absolute atomic E-state index is 0.0974. The number of carbonyl (C=O) groups is 1.